The zero-order valence-corrected chi connectivity index (χ0v) is 10.7. The van der Waals surface area contributed by atoms with Crippen LogP contribution in [0.2, 0.25) is 0 Å². The van der Waals surface area contributed by atoms with E-state index in [2.05, 4.69) is 39.5 Å². The van der Waals surface area contributed by atoms with E-state index in [1.165, 1.54) is 18.6 Å². The zero-order chi connectivity index (χ0) is 10.6. The maximum Gasteiger partial charge on any atom is 0.0138 e. The van der Waals surface area contributed by atoms with Crippen LogP contribution >= 0.6 is 11.8 Å². The Balaban J connectivity index is 2.23. The van der Waals surface area contributed by atoms with Gasteiger partial charge in [-0.3, -0.25) is 0 Å². The van der Waals surface area contributed by atoms with E-state index in [-0.39, 0.29) is 0 Å². The quantitative estimate of drug-likeness (QED) is 0.763. The Bertz CT molecular complexity index is 247. The summed E-state index contributed by atoms with van der Waals surface area (Å²) in [7, 11) is 0. The van der Waals surface area contributed by atoms with Gasteiger partial charge in [0.2, 0.25) is 0 Å². The third-order valence-electron chi connectivity index (χ3n) is 4.73. The lowest BCUT2D eigenvalue weighted by Crippen LogP contribution is -2.38. The Hall–Kier alpha value is 0.310. The van der Waals surface area contributed by atoms with Crippen LogP contribution in [-0.4, -0.2) is 17.0 Å². The Kier molecular flexibility index (Phi) is 2.25. The molecule has 1 saturated heterocycles. The normalized spacial score (nSPS) is 43.9. The van der Waals surface area contributed by atoms with Gasteiger partial charge in [0, 0.05) is 4.75 Å². The molecule has 1 aliphatic heterocycles. The van der Waals surface area contributed by atoms with Crippen LogP contribution in [0.4, 0.5) is 0 Å². The van der Waals surface area contributed by atoms with Crippen molar-refractivity contribution in [3.63, 3.8) is 0 Å². The lowest BCUT2D eigenvalue weighted by Gasteiger charge is -2.35. The van der Waals surface area contributed by atoms with E-state index in [0.29, 0.717) is 15.6 Å². The number of hydrogen-bond acceptors (Lipinski definition) is 2. The Morgan fingerprint density at radius 2 is 1.86 bits per heavy atom. The van der Waals surface area contributed by atoms with Crippen LogP contribution in [0.25, 0.3) is 0 Å². The molecule has 0 aromatic rings. The van der Waals surface area contributed by atoms with Gasteiger partial charge in [0.1, 0.15) is 0 Å². The second-order valence-electron chi connectivity index (χ2n) is 6.21. The van der Waals surface area contributed by atoms with Crippen molar-refractivity contribution in [2.45, 2.75) is 45.3 Å². The fraction of sp³-hybridized carbons (Fsp3) is 1.00. The van der Waals surface area contributed by atoms with Crippen molar-refractivity contribution in [1.82, 2.24) is 0 Å². The molecule has 2 N–H and O–H groups in total. The molecular formula is C12H23NS. The lowest BCUT2D eigenvalue weighted by atomic mass is 9.74. The molecule has 0 aromatic heterocycles. The Labute approximate surface area is 92.2 Å². The molecule has 0 aromatic carbocycles. The van der Waals surface area contributed by atoms with Crippen LogP contribution < -0.4 is 5.73 Å². The average molecular weight is 213 g/mol. The van der Waals surface area contributed by atoms with Crippen LogP contribution in [0.3, 0.4) is 0 Å². The van der Waals surface area contributed by atoms with Gasteiger partial charge in [-0.1, -0.05) is 27.7 Å². The minimum Gasteiger partial charge on any atom is -0.330 e. The molecule has 82 valence electrons. The van der Waals surface area contributed by atoms with Gasteiger partial charge in [-0.05, 0) is 41.9 Å². The van der Waals surface area contributed by atoms with Gasteiger partial charge in [0.15, 0.2) is 0 Å². The summed E-state index contributed by atoms with van der Waals surface area (Å²) in [5.41, 5.74) is 6.99. The second-order valence-corrected chi connectivity index (χ2v) is 7.96. The van der Waals surface area contributed by atoms with E-state index < -0.39 is 0 Å². The van der Waals surface area contributed by atoms with E-state index in [1.807, 2.05) is 0 Å². The van der Waals surface area contributed by atoms with Gasteiger partial charge in [0.25, 0.3) is 0 Å². The summed E-state index contributed by atoms with van der Waals surface area (Å²) in [5.74, 6) is 2.16. The lowest BCUT2D eigenvalue weighted by molar-refractivity contribution is 0.215. The summed E-state index contributed by atoms with van der Waals surface area (Å²) in [6, 6.07) is 0. The van der Waals surface area contributed by atoms with Gasteiger partial charge in [-0.2, -0.15) is 11.8 Å². The van der Waals surface area contributed by atoms with Crippen LogP contribution in [0.5, 0.6) is 0 Å². The highest BCUT2D eigenvalue weighted by molar-refractivity contribution is 8.00. The predicted molar refractivity (Wildman–Crippen MR) is 64.5 cm³/mol. The SMILES string of the molecule is CC1(C)SCCC1C1(CN)CC1(C)C. The molecule has 2 atom stereocenters. The van der Waals surface area contributed by atoms with E-state index in [0.717, 1.165) is 12.5 Å². The van der Waals surface area contributed by atoms with Gasteiger partial charge in [-0.25, -0.2) is 0 Å². The molecule has 1 heterocycles. The minimum absolute atomic E-state index is 0.452. The van der Waals surface area contributed by atoms with Crippen LogP contribution in [0.15, 0.2) is 0 Å². The molecule has 2 rings (SSSR count). The molecule has 1 saturated carbocycles. The molecule has 2 fully saturated rings. The first-order valence-corrected chi connectivity index (χ1v) is 6.68. The summed E-state index contributed by atoms with van der Waals surface area (Å²) in [6.45, 7) is 10.5. The molecule has 2 unspecified atom stereocenters. The van der Waals surface area contributed by atoms with E-state index in [4.69, 9.17) is 5.73 Å². The first-order chi connectivity index (χ1) is 6.36. The highest BCUT2D eigenvalue weighted by Crippen LogP contribution is 2.71. The third-order valence-corrected chi connectivity index (χ3v) is 6.20. The van der Waals surface area contributed by atoms with Crippen molar-refractivity contribution in [3.8, 4) is 0 Å². The maximum absolute atomic E-state index is 6.04. The third kappa shape index (κ3) is 1.26. The van der Waals surface area contributed by atoms with Crippen molar-refractivity contribution in [2.75, 3.05) is 12.3 Å². The van der Waals surface area contributed by atoms with Gasteiger partial charge < -0.3 is 5.73 Å². The molecule has 0 bridgehead atoms. The van der Waals surface area contributed by atoms with Crippen LogP contribution in [0.1, 0.15) is 40.5 Å². The highest BCUT2D eigenvalue weighted by Gasteiger charge is 2.67. The largest absolute Gasteiger partial charge is 0.330 e. The minimum atomic E-state index is 0.452. The fourth-order valence-corrected chi connectivity index (χ4v) is 5.08. The smallest absolute Gasteiger partial charge is 0.0138 e. The van der Waals surface area contributed by atoms with Gasteiger partial charge in [-0.15, -0.1) is 0 Å². The van der Waals surface area contributed by atoms with Crippen molar-refractivity contribution < 1.29 is 0 Å². The predicted octanol–water partition coefficient (Wildman–Crippen LogP) is 2.89. The van der Waals surface area contributed by atoms with Crippen molar-refractivity contribution in [1.29, 1.82) is 0 Å². The van der Waals surface area contributed by atoms with Gasteiger partial charge in [0.05, 0.1) is 0 Å². The molecule has 1 aliphatic carbocycles. The molecule has 2 aliphatic rings. The molecule has 2 heteroatoms. The number of nitrogens with two attached hydrogens (primary N) is 1. The van der Waals surface area contributed by atoms with E-state index in [9.17, 15) is 0 Å². The highest BCUT2D eigenvalue weighted by atomic mass is 32.2. The molecular weight excluding hydrogens is 190 g/mol. The van der Waals surface area contributed by atoms with E-state index in [1.54, 1.807) is 0 Å². The first kappa shape index (κ1) is 10.8. The second kappa shape index (κ2) is 2.91. The molecule has 0 radical (unpaired) electrons. The van der Waals surface area contributed by atoms with Crippen molar-refractivity contribution in [3.05, 3.63) is 0 Å². The fourth-order valence-electron chi connectivity index (χ4n) is 3.66. The monoisotopic (exact) mass is 213 g/mol. The molecule has 0 amide bonds. The topological polar surface area (TPSA) is 26.0 Å². The molecule has 14 heavy (non-hydrogen) atoms. The Morgan fingerprint density at radius 3 is 2.14 bits per heavy atom. The standard InChI is InChI=1S/C12H23NS/c1-10(2)7-12(10,8-13)9-5-6-14-11(9,3)4/h9H,5-8,13H2,1-4H3. The number of rotatable bonds is 2. The number of hydrogen-bond donors (Lipinski definition) is 1. The zero-order valence-electron chi connectivity index (χ0n) is 9.89. The Morgan fingerprint density at radius 1 is 1.29 bits per heavy atom. The first-order valence-electron chi connectivity index (χ1n) is 5.70. The van der Waals surface area contributed by atoms with Crippen LogP contribution in [-0.2, 0) is 0 Å². The van der Waals surface area contributed by atoms with Crippen LogP contribution in [0, 0.1) is 16.7 Å². The average Bonchev–Trinajstić information content (AvgIpc) is 2.42. The number of thioether (sulfide) groups is 1. The van der Waals surface area contributed by atoms with Crippen molar-refractivity contribution >= 4 is 11.8 Å². The molecule has 0 spiro atoms. The summed E-state index contributed by atoms with van der Waals surface area (Å²) < 4.78 is 0.452. The summed E-state index contributed by atoms with van der Waals surface area (Å²) in [5, 5.41) is 0. The summed E-state index contributed by atoms with van der Waals surface area (Å²) in [6.07, 6.45) is 2.71. The maximum atomic E-state index is 6.04. The van der Waals surface area contributed by atoms with Gasteiger partial charge >= 0.3 is 0 Å². The van der Waals surface area contributed by atoms with E-state index >= 15 is 0 Å². The molecule has 1 nitrogen and oxygen atoms in total. The van der Waals surface area contributed by atoms with Crippen molar-refractivity contribution in [2.24, 2.45) is 22.5 Å². The summed E-state index contributed by atoms with van der Waals surface area (Å²) >= 11 is 2.14. The summed E-state index contributed by atoms with van der Waals surface area (Å²) in [4.78, 5) is 0.